The average Bonchev–Trinajstić information content (AvgIpc) is 2.78. The highest BCUT2D eigenvalue weighted by molar-refractivity contribution is 5.98. The first-order valence-corrected chi connectivity index (χ1v) is 10.6. The SMILES string of the molecule is O=C1C[C@H](c2cc(F)cc(F)c2)Cc2nc(N3CCN(c4ccccc4F)CC3)ncc21. The largest absolute Gasteiger partial charge is 0.366 e. The maximum Gasteiger partial charge on any atom is 0.225 e. The molecule has 0 N–H and O–H groups in total. The second-order valence-electron chi connectivity index (χ2n) is 8.19. The summed E-state index contributed by atoms with van der Waals surface area (Å²) in [6.07, 6.45) is 2.13. The lowest BCUT2D eigenvalue weighted by atomic mass is 9.82. The number of nitrogens with zero attached hydrogens (tertiary/aromatic N) is 4. The number of aromatic nitrogens is 2. The molecule has 3 aromatic rings. The van der Waals surface area contributed by atoms with Crippen LogP contribution in [0.4, 0.5) is 24.8 Å². The number of para-hydroxylation sites is 1. The molecule has 1 atom stereocenters. The van der Waals surface area contributed by atoms with Crippen LogP contribution in [0.3, 0.4) is 0 Å². The van der Waals surface area contributed by atoms with Crippen LogP contribution in [-0.2, 0) is 6.42 Å². The minimum atomic E-state index is -0.658. The topological polar surface area (TPSA) is 49.3 Å². The van der Waals surface area contributed by atoms with Gasteiger partial charge in [-0.2, -0.15) is 0 Å². The van der Waals surface area contributed by atoms with E-state index in [1.807, 2.05) is 15.9 Å². The second kappa shape index (κ2) is 8.26. The molecule has 0 unspecified atom stereocenters. The fourth-order valence-electron chi connectivity index (χ4n) is 4.49. The van der Waals surface area contributed by atoms with E-state index in [1.165, 1.54) is 18.2 Å². The van der Waals surface area contributed by atoms with Gasteiger partial charge in [0.05, 0.1) is 16.9 Å². The number of anilines is 2. The maximum absolute atomic E-state index is 14.1. The van der Waals surface area contributed by atoms with Gasteiger partial charge in [-0.15, -0.1) is 0 Å². The molecule has 5 rings (SSSR count). The van der Waals surface area contributed by atoms with E-state index in [9.17, 15) is 18.0 Å². The Morgan fingerprint density at radius 1 is 0.875 bits per heavy atom. The third-order valence-electron chi connectivity index (χ3n) is 6.14. The van der Waals surface area contributed by atoms with Crippen LogP contribution in [0.15, 0.2) is 48.7 Å². The number of fused-ring (bicyclic) bond motifs is 1. The van der Waals surface area contributed by atoms with Gasteiger partial charge in [0, 0.05) is 44.9 Å². The zero-order valence-electron chi connectivity index (χ0n) is 17.3. The summed E-state index contributed by atoms with van der Waals surface area (Å²) >= 11 is 0. The van der Waals surface area contributed by atoms with Gasteiger partial charge < -0.3 is 9.80 Å². The Bertz CT molecular complexity index is 1160. The molecule has 0 bridgehead atoms. The number of hydrogen-bond acceptors (Lipinski definition) is 5. The Balaban J connectivity index is 1.34. The first-order chi connectivity index (χ1) is 15.5. The molecule has 0 amide bonds. The zero-order valence-corrected chi connectivity index (χ0v) is 17.3. The molecule has 0 radical (unpaired) electrons. The van der Waals surface area contributed by atoms with Crippen molar-refractivity contribution in [1.82, 2.24) is 9.97 Å². The molecule has 8 heteroatoms. The van der Waals surface area contributed by atoms with Crippen molar-refractivity contribution in [1.29, 1.82) is 0 Å². The van der Waals surface area contributed by atoms with Gasteiger partial charge >= 0.3 is 0 Å². The highest BCUT2D eigenvalue weighted by Crippen LogP contribution is 2.33. The number of Topliss-reactive ketones (excluding diaryl/α,β-unsaturated/α-hetero) is 1. The summed E-state index contributed by atoms with van der Waals surface area (Å²) in [5.74, 6) is -1.51. The van der Waals surface area contributed by atoms with Crippen molar-refractivity contribution in [2.24, 2.45) is 0 Å². The van der Waals surface area contributed by atoms with Crippen molar-refractivity contribution in [3.63, 3.8) is 0 Å². The monoisotopic (exact) mass is 438 g/mol. The summed E-state index contributed by atoms with van der Waals surface area (Å²) in [7, 11) is 0. The van der Waals surface area contributed by atoms with Crippen LogP contribution in [-0.4, -0.2) is 41.9 Å². The van der Waals surface area contributed by atoms with Crippen LogP contribution >= 0.6 is 0 Å². The number of halogens is 3. The molecule has 1 fully saturated rings. The third-order valence-corrected chi connectivity index (χ3v) is 6.14. The van der Waals surface area contributed by atoms with Crippen molar-refractivity contribution in [3.05, 3.63) is 82.9 Å². The van der Waals surface area contributed by atoms with E-state index in [2.05, 4.69) is 9.97 Å². The van der Waals surface area contributed by atoms with Crippen LogP contribution in [0.5, 0.6) is 0 Å². The first kappa shape index (κ1) is 20.5. The highest BCUT2D eigenvalue weighted by atomic mass is 19.1. The molecule has 1 saturated heterocycles. The average molecular weight is 438 g/mol. The van der Waals surface area contributed by atoms with Gasteiger partial charge in [-0.3, -0.25) is 4.79 Å². The van der Waals surface area contributed by atoms with Crippen molar-refractivity contribution in [3.8, 4) is 0 Å². The minimum absolute atomic E-state index is 0.128. The minimum Gasteiger partial charge on any atom is -0.366 e. The summed E-state index contributed by atoms with van der Waals surface area (Å²) < 4.78 is 41.4. The molecule has 2 aromatic carbocycles. The van der Waals surface area contributed by atoms with Crippen molar-refractivity contribution < 1.29 is 18.0 Å². The van der Waals surface area contributed by atoms with Gasteiger partial charge in [0.1, 0.15) is 17.5 Å². The molecular weight excluding hydrogens is 417 g/mol. The van der Waals surface area contributed by atoms with Gasteiger partial charge in [0.25, 0.3) is 0 Å². The second-order valence-corrected chi connectivity index (χ2v) is 8.19. The third kappa shape index (κ3) is 3.92. The Morgan fingerprint density at radius 3 is 2.28 bits per heavy atom. The molecule has 2 aliphatic rings. The fraction of sp³-hybridized carbons (Fsp3) is 0.292. The van der Waals surface area contributed by atoms with Crippen molar-refractivity contribution in [2.75, 3.05) is 36.0 Å². The summed E-state index contributed by atoms with van der Waals surface area (Å²) in [6.45, 7) is 2.45. The lowest BCUT2D eigenvalue weighted by Crippen LogP contribution is -2.47. The maximum atomic E-state index is 14.1. The number of piperazine rings is 1. The lowest BCUT2D eigenvalue weighted by molar-refractivity contribution is 0.0962. The van der Waals surface area contributed by atoms with E-state index in [1.54, 1.807) is 18.3 Å². The normalized spacial score (nSPS) is 18.6. The lowest BCUT2D eigenvalue weighted by Gasteiger charge is -2.36. The highest BCUT2D eigenvalue weighted by Gasteiger charge is 2.30. The Morgan fingerprint density at radius 2 is 1.56 bits per heavy atom. The molecule has 0 spiro atoms. The molecule has 1 aromatic heterocycles. The molecule has 2 heterocycles. The number of ketones is 1. The molecule has 1 aliphatic heterocycles. The van der Waals surface area contributed by atoms with Crippen LogP contribution in [0.2, 0.25) is 0 Å². The predicted octanol–water partition coefficient (Wildman–Crippen LogP) is 4.13. The van der Waals surface area contributed by atoms with E-state index in [-0.39, 0.29) is 23.9 Å². The van der Waals surface area contributed by atoms with Gasteiger partial charge in [-0.05, 0) is 42.2 Å². The van der Waals surface area contributed by atoms with Crippen molar-refractivity contribution >= 4 is 17.4 Å². The number of carbonyl (C=O) groups excluding carboxylic acids is 1. The number of benzene rings is 2. The summed E-state index contributed by atoms with van der Waals surface area (Å²) in [5.41, 5.74) is 2.10. The van der Waals surface area contributed by atoms with Crippen molar-refractivity contribution in [2.45, 2.75) is 18.8 Å². The molecule has 32 heavy (non-hydrogen) atoms. The number of rotatable bonds is 3. The van der Waals surface area contributed by atoms with E-state index < -0.39 is 11.6 Å². The smallest absolute Gasteiger partial charge is 0.225 e. The number of hydrogen-bond donors (Lipinski definition) is 0. The molecule has 0 saturated carbocycles. The van der Waals surface area contributed by atoms with Crippen LogP contribution in [0, 0.1) is 17.5 Å². The van der Waals surface area contributed by atoms with Gasteiger partial charge in [0.15, 0.2) is 5.78 Å². The number of carbonyl (C=O) groups is 1. The van der Waals surface area contributed by atoms with Crippen LogP contribution < -0.4 is 9.80 Å². The molecular formula is C24H21F3N4O. The zero-order chi connectivity index (χ0) is 22.2. The summed E-state index contributed by atoms with van der Waals surface area (Å²) in [5, 5.41) is 0. The molecule has 1 aliphatic carbocycles. The summed E-state index contributed by atoms with van der Waals surface area (Å²) in [4.78, 5) is 25.7. The Kier molecular flexibility index (Phi) is 5.28. The molecule has 5 nitrogen and oxygen atoms in total. The van der Waals surface area contributed by atoms with Crippen LogP contribution in [0.1, 0.15) is 34.0 Å². The Labute approximate surface area is 183 Å². The van der Waals surface area contributed by atoms with Crippen LogP contribution in [0.25, 0.3) is 0 Å². The van der Waals surface area contributed by atoms with Gasteiger partial charge in [-0.1, -0.05) is 12.1 Å². The standard InChI is InChI=1S/C24H21F3N4O/c25-17-9-15(10-18(26)13-17)16-11-21-19(23(32)12-16)14-28-24(29-21)31-7-5-30(6-8-31)22-4-2-1-3-20(22)27/h1-4,9-10,13-14,16H,5-8,11-12H2/t16-/m1/s1. The summed E-state index contributed by atoms with van der Waals surface area (Å²) in [6, 6.07) is 10.1. The first-order valence-electron chi connectivity index (χ1n) is 10.6. The van der Waals surface area contributed by atoms with Gasteiger partial charge in [-0.25, -0.2) is 23.1 Å². The van der Waals surface area contributed by atoms with E-state index in [0.717, 1.165) is 6.07 Å². The van der Waals surface area contributed by atoms with E-state index >= 15 is 0 Å². The predicted molar refractivity (Wildman–Crippen MR) is 115 cm³/mol. The van der Waals surface area contributed by atoms with E-state index in [4.69, 9.17) is 0 Å². The van der Waals surface area contributed by atoms with Gasteiger partial charge in [0.2, 0.25) is 5.95 Å². The quantitative estimate of drug-likeness (QED) is 0.616. The Hall–Kier alpha value is -3.42. The molecule has 164 valence electrons. The van der Waals surface area contributed by atoms with E-state index in [0.29, 0.717) is 61.1 Å². The fourth-order valence-corrected chi connectivity index (χ4v) is 4.49.